The smallest absolute Gasteiger partial charge is 0.410 e. The Morgan fingerprint density at radius 1 is 0.737 bits per heavy atom. The first-order chi connectivity index (χ1) is 18.6. The average molecular weight is 530 g/mol. The van der Waals surface area contributed by atoms with Gasteiger partial charge in [-0.25, -0.2) is 4.79 Å². The van der Waals surface area contributed by atoms with Gasteiger partial charge in [-0.15, -0.1) is 0 Å². The highest BCUT2D eigenvalue weighted by Crippen LogP contribution is 2.20. The van der Waals surface area contributed by atoms with Crippen molar-refractivity contribution in [3.05, 3.63) is 29.8 Å². The number of benzene rings is 1. The minimum atomic E-state index is -0.439. The molecular formula is C32H55N3O3. The van der Waals surface area contributed by atoms with Gasteiger partial charge in [-0.05, 0) is 19.5 Å². The number of amides is 2. The van der Waals surface area contributed by atoms with Gasteiger partial charge in [0.05, 0.1) is 6.42 Å². The number of hydrogen-bond acceptors (Lipinski definition) is 4. The molecule has 1 aromatic rings. The third-order valence-corrected chi connectivity index (χ3v) is 7.67. The van der Waals surface area contributed by atoms with Crippen molar-refractivity contribution in [1.82, 2.24) is 15.1 Å². The Bertz CT molecular complexity index is 762. The normalized spacial score (nSPS) is 14.0. The van der Waals surface area contributed by atoms with Crippen LogP contribution in [0, 0.1) is 0 Å². The standard InChI is InChI=1S/C32H55N3O3/c1-3-4-5-6-7-8-9-10-11-12-13-14-15-16-17-20-23-33-32(37)38-30-22-19-18-21-29(30)28-31(36)35-26-24-34(2)25-27-35/h18-19,21-22H,3-17,20,23-28H2,1-2H3,(H,33,37). The molecule has 1 heterocycles. The largest absolute Gasteiger partial charge is 0.412 e. The molecule has 6 heteroatoms. The summed E-state index contributed by atoms with van der Waals surface area (Å²) >= 11 is 0. The van der Waals surface area contributed by atoms with Gasteiger partial charge in [0.15, 0.2) is 0 Å². The maximum Gasteiger partial charge on any atom is 0.412 e. The van der Waals surface area contributed by atoms with E-state index in [4.69, 9.17) is 4.74 Å². The summed E-state index contributed by atoms with van der Waals surface area (Å²) < 4.78 is 5.55. The number of hydrogen-bond donors (Lipinski definition) is 1. The molecular weight excluding hydrogens is 474 g/mol. The van der Waals surface area contributed by atoms with E-state index in [2.05, 4.69) is 24.2 Å². The predicted octanol–water partition coefficient (Wildman–Crippen LogP) is 7.35. The molecule has 38 heavy (non-hydrogen) atoms. The third kappa shape index (κ3) is 14.8. The number of rotatable bonds is 20. The average Bonchev–Trinajstić information content (AvgIpc) is 2.92. The summed E-state index contributed by atoms with van der Waals surface area (Å²) in [4.78, 5) is 29.1. The van der Waals surface area contributed by atoms with Crippen LogP contribution in [0.15, 0.2) is 24.3 Å². The van der Waals surface area contributed by atoms with Crippen molar-refractivity contribution in [3.8, 4) is 5.75 Å². The van der Waals surface area contributed by atoms with Gasteiger partial charge in [0.2, 0.25) is 5.91 Å². The number of para-hydroxylation sites is 1. The van der Waals surface area contributed by atoms with Crippen LogP contribution in [-0.2, 0) is 11.2 Å². The molecule has 0 radical (unpaired) electrons. The zero-order chi connectivity index (χ0) is 27.3. The van der Waals surface area contributed by atoms with Gasteiger partial charge >= 0.3 is 6.09 Å². The van der Waals surface area contributed by atoms with Crippen molar-refractivity contribution in [2.45, 2.75) is 116 Å². The van der Waals surface area contributed by atoms with Crippen molar-refractivity contribution < 1.29 is 14.3 Å². The fraction of sp³-hybridized carbons (Fsp3) is 0.750. The molecule has 0 bridgehead atoms. The lowest BCUT2D eigenvalue weighted by Crippen LogP contribution is -2.47. The van der Waals surface area contributed by atoms with E-state index in [1.54, 1.807) is 6.07 Å². The van der Waals surface area contributed by atoms with Crippen LogP contribution in [0.4, 0.5) is 4.79 Å². The van der Waals surface area contributed by atoms with Crippen LogP contribution < -0.4 is 10.1 Å². The number of unbranched alkanes of at least 4 members (excludes halogenated alkanes) is 15. The lowest BCUT2D eigenvalue weighted by molar-refractivity contribution is -0.132. The number of likely N-dealkylation sites (N-methyl/N-ethyl adjacent to an activating group) is 1. The van der Waals surface area contributed by atoms with E-state index in [1.165, 1.54) is 89.9 Å². The molecule has 0 aliphatic carbocycles. The number of carbonyl (C=O) groups is 2. The molecule has 0 unspecified atom stereocenters. The molecule has 0 saturated carbocycles. The molecule has 2 amide bonds. The lowest BCUT2D eigenvalue weighted by atomic mass is 10.0. The van der Waals surface area contributed by atoms with E-state index in [1.807, 2.05) is 23.1 Å². The minimum absolute atomic E-state index is 0.0859. The van der Waals surface area contributed by atoms with Crippen molar-refractivity contribution in [2.75, 3.05) is 39.8 Å². The van der Waals surface area contributed by atoms with Gasteiger partial charge in [0.25, 0.3) is 0 Å². The summed E-state index contributed by atoms with van der Waals surface area (Å²) in [7, 11) is 2.07. The van der Waals surface area contributed by atoms with Crippen molar-refractivity contribution in [3.63, 3.8) is 0 Å². The molecule has 1 aliphatic heterocycles. The maximum atomic E-state index is 12.7. The lowest BCUT2D eigenvalue weighted by Gasteiger charge is -2.32. The van der Waals surface area contributed by atoms with Crippen LogP contribution in [0.3, 0.4) is 0 Å². The van der Waals surface area contributed by atoms with Crippen LogP contribution in [0.1, 0.15) is 115 Å². The molecule has 6 nitrogen and oxygen atoms in total. The fourth-order valence-corrected chi connectivity index (χ4v) is 5.08. The van der Waals surface area contributed by atoms with Gasteiger partial charge in [-0.3, -0.25) is 4.79 Å². The highest BCUT2D eigenvalue weighted by Gasteiger charge is 2.20. The molecule has 1 aliphatic rings. The van der Waals surface area contributed by atoms with Crippen LogP contribution in [0.2, 0.25) is 0 Å². The second-order valence-corrected chi connectivity index (χ2v) is 11.1. The van der Waals surface area contributed by atoms with Crippen LogP contribution in [0.25, 0.3) is 0 Å². The number of piperazine rings is 1. The SMILES string of the molecule is CCCCCCCCCCCCCCCCCCNC(=O)Oc1ccccc1CC(=O)N1CCN(C)CC1. The summed E-state index contributed by atoms with van der Waals surface area (Å²) in [5.41, 5.74) is 0.758. The van der Waals surface area contributed by atoms with Crippen molar-refractivity contribution in [2.24, 2.45) is 0 Å². The Hall–Kier alpha value is -2.08. The van der Waals surface area contributed by atoms with E-state index in [0.29, 0.717) is 12.3 Å². The van der Waals surface area contributed by atoms with Gasteiger partial charge < -0.3 is 19.9 Å². The summed E-state index contributed by atoms with van der Waals surface area (Å²) in [6.45, 7) is 6.19. The molecule has 0 atom stereocenters. The summed E-state index contributed by atoms with van der Waals surface area (Å²) in [5, 5.41) is 2.87. The Balaban J connectivity index is 1.45. The van der Waals surface area contributed by atoms with E-state index < -0.39 is 6.09 Å². The van der Waals surface area contributed by atoms with Gasteiger partial charge in [0, 0.05) is 38.3 Å². The van der Waals surface area contributed by atoms with Crippen molar-refractivity contribution in [1.29, 1.82) is 0 Å². The molecule has 1 N–H and O–H groups in total. The zero-order valence-corrected chi connectivity index (χ0v) is 24.5. The Morgan fingerprint density at radius 2 is 1.24 bits per heavy atom. The van der Waals surface area contributed by atoms with E-state index in [-0.39, 0.29) is 12.3 Å². The molecule has 0 aromatic heterocycles. The summed E-state index contributed by atoms with van der Waals surface area (Å²) in [6, 6.07) is 7.35. The molecule has 1 saturated heterocycles. The maximum absolute atomic E-state index is 12.7. The Labute approximate surface area is 232 Å². The van der Waals surface area contributed by atoms with Crippen LogP contribution in [-0.4, -0.2) is 61.6 Å². The predicted molar refractivity (Wildman–Crippen MR) is 158 cm³/mol. The van der Waals surface area contributed by atoms with Crippen LogP contribution >= 0.6 is 0 Å². The molecule has 2 rings (SSSR count). The first kappa shape index (κ1) is 32.1. The topological polar surface area (TPSA) is 61.9 Å². The zero-order valence-electron chi connectivity index (χ0n) is 24.5. The molecule has 1 aromatic carbocycles. The van der Waals surface area contributed by atoms with E-state index in [0.717, 1.165) is 44.6 Å². The van der Waals surface area contributed by atoms with Gasteiger partial charge in [0.1, 0.15) is 5.75 Å². The monoisotopic (exact) mass is 529 g/mol. The van der Waals surface area contributed by atoms with E-state index >= 15 is 0 Å². The Morgan fingerprint density at radius 3 is 1.79 bits per heavy atom. The number of carbonyl (C=O) groups excluding carboxylic acids is 2. The van der Waals surface area contributed by atoms with Gasteiger partial charge in [-0.2, -0.15) is 0 Å². The quantitative estimate of drug-likeness (QED) is 0.179. The first-order valence-corrected chi connectivity index (χ1v) is 15.6. The Kier molecular flexibility index (Phi) is 17.6. The molecule has 1 fully saturated rings. The summed E-state index contributed by atoms with van der Waals surface area (Å²) in [6.07, 6.45) is 21.2. The molecule has 216 valence electrons. The van der Waals surface area contributed by atoms with Crippen LogP contribution in [0.5, 0.6) is 5.75 Å². The second-order valence-electron chi connectivity index (χ2n) is 11.1. The third-order valence-electron chi connectivity index (χ3n) is 7.67. The van der Waals surface area contributed by atoms with E-state index in [9.17, 15) is 9.59 Å². The summed E-state index contributed by atoms with van der Waals surface area (Å²) in [5.74, 6) is 0.558. The highest BCUT2D eigenvalue weighted by molar-refractivity contribution is 5.80. The number of nitrogens with one attached hydrogen (secondary N) is 1. The number of nitrogens with zero attached hydrogens (tertiary/aromatic N) is 2. The van der Waals surface area contributed by atoms with Gasteiger partial charge in [-0.1, -0.05) is 121 Å². The fourth-order valence-electron chi connectivity index (χ4n) is 5.08. The first-order valence-electron chi connectivity index (χ1n) is 15.6. The molecule has 0 spiro atoms. The minimum Gasteiger partial charge on any atom is -0.410 e. The van der Waals surface area contributed by atoms with Crippen molar-refractivity contribution >= 4 is 12.0 Å². The number of ether oxygens (including phenoxy) is 1. The second kappa shape index (κ2) is 20.8. The highest BCUT2D eigenvalue weighted by atomic mass is 16.6.